The van der Waals surface area contributed by atoms with Crippen molar-refractivity contribution in [1.29, 1.82) is 0 Å². The van der Waals surface area contributed by atoms with Gasteiger partial charge in [0.15, 0.2) is 5.75 Å². The molecule has 0 saturated carbocycles. The van der Waals surface area contributed by atoms with Crippen molar-refractivity contribution in [3.63, 3.8) is 0 Å². The average molecular weight is 303 g/mol. The fourth-order valence-electron chi connectivity index (χ4n) is 1.67. The smallest absolute Gasteiger partial charge is 0.231 e. The highest BCUT2D eigenvalue weighted by atomic mass is 79.9. The van der Waals surface area contributed by atoms with Crippen LogP contribution in [0.5, 0.6) is 5.75 Å². The number of nitrogens with zero attached hydrogens (tertiary/aromatic N) is 1. The molecule has 2 rings (SSSR count). The van der Waals surface area contributed by atoms with E-state index in [0.717, 1.165) is 10.6 Å². The quantitative estimate of drug-likeness (QED) is 0.667. The van der Waals surface area contributed by atoms with Gasteiger partial charge in [0.25, 0.3) is 0 Å². The molecule has 4 nitrogen and oxygen atoms in total. The standard InChI is InChI=1S/C10H11BrN2O2S/c1-10(9(12)14)4-15-7-5(10)3-6(11)13-8(7)16-2/h3H,4H2,1-2H3,(H2,12,14). The van der Waals surface area contributed by atoms with Crippen LogP contribution in [0, 0.1) is 0 Å². The zero-order chi connectivity index (χ0) is 11.9. The monoisotopic (exact) mass is 302 g/mol. The van der Waals surface area contributed by atoms with E-state index in [9.17, 15) is 4.79 Å². The predicted molar refractivity (Wildman–Crippen MR) is 65.8 cm³/mol. The van der Waals surface area contributed by atoms with Crippen molar-refractivity contribution in [3.8, 4) is 5.75 Å². The molecule has 1 aromatic heterocycles. The van der Waals surface area contributed by atoms with Gasteiger partial charge in [0, 0.05) is 5.56 Å². The lowest BCUT2D eigenvalue weighted by Gasteiger charge is -2.17. The lowest BCUT2D eigenvalue weighted by molar-refractivity contribution is -0.123. The zero-order valence-electron chi connectivity index (χ0n) is 8.91. The van der Waals surface area contributed by atoms with Crippen molar-refractivity contribution in [2.45, 2.75) is 17.4 Å². The minimum absolute atomic E-state index is 0.281. The fraction of sp³-hybridized carbons (Fsp3) is 0.400. The van der Waals surface area contributed by atoms with Gasteiger partial charge in [0.2, 0.25) is 5.91 Å². The molecule has 0 bridgehead atoms. The van der Waals surface area contributed by atoms with Crippen molar-refractivity contribution >= 4 is 33.6 Å². The summed E-state index contributed by atoms with van der Waals surface area (Å²) >= 11 is 4.81. The molecular weight excluding hydrogens is 292 g/mol. The van der Waals surface area contributed by atoms with Crippen molar-refractivity contribution in [2.24, 2.45) is 5.73 Å². The fourth-order valence-corrected chi connectivity index (χ4v) is 2.73. The maximum absolute atomic E-state index is 11.5. The molecule has 0 saturated heterocycles. The summed E-state index contributed by atoms with van der Waals surface area (Å²) in [4.78, 5) is 15.8. The molecule has 1 unspecified atom stereocenters. The molecule has 6 heteroatoms. The van der Waals surface area contributed by atoms with Gasteiger partial charge in [-0.2, -0.15) is 0 Å². The van der Waals surface area contributed by atoms with Crippen LogP contribution in [-0.4, -0.2) is 23.8 Å². The maximum atomic E-state index is 11.5. The molecule has 86 valence electrons. The predicted octanol–water partition coefficient (Wildman–Crippen LogP) is 1.70. The summed E-state index contributed by atoms with van der Waals surface area (Å²) in [5, 5.41) is 0.773. The normalized spacial score (nSPS) is 22.7. The highest BCUT2D eigenvalue weighted by Gasteiger charge is 2.43. The Balaban J connectivity index is 2.63. The highest BCUT2D eigenvalue weighted by molar-refractivity contribution is 9.10. The summed E-state index contributed by atoms with van der Waals surface area (Å²) < 4.78 is 6.24. The number of carbonyl (C=O) groups is 1. The Kier molecular flexibility index (Phi) is 2.88. The van der Waals surface area contributed by atoms with E-state index < -0.39 is 5.41 Å². The number of halogens is 1. The van der Waals surface area contributed by atoms with Gasteiger partial charge >= 0.3 is 0 Å². The second kappa shape index (κ2) is 3.92. The largest absolute Gasteiger partial charge is 0.489 e. The van der Waals surface area contributed by atoms with Crippen LogP contribution < -0.4 is 10.5 Å². The van der Waals surface area contributed by atoms with Crippen LogP contribution in [0.25, 0.3) is 0 Å². The van der Waals surface area contributed by atoms with Crippen LogP contribution in [0.1, 0.15) is 12.5 Å². The van der Waals surface area contributed by atoms with Gasteiger partial charge in [-0.25, -0.2) is 4.98 Å². The molecule has 1 aromatic rings. The summed E-state index contributed by atoms with van der Waals surface area (Å²) in [5.74, 6) is 0.299. The zero-order valence-corrected chi connectivity index (χ0v) is 11.3. The summed E-state index contributed by atoms with van der Waals surface area (Å²) in [6.45, 7) is 2.07. The molecule has 1 atom stereocenters. The Labute approximate surface area is 106 Å². The molecule has 2 N–H and O–H groups in total. The second-order valence-electron chi connectivity index (χ2n) is 3.82. The lowest BCUT2D eigenvalue weighted by atomic mass is 9.84. The molecule has 2 heterocycles. The number of amides is 1. The highest BCUT2D eigenvalue weighted by Crippen LogP contribution is 2.44. The van der Waals surface area contributed by atoms with E-state index in [2.05, 4.69) is 20.9 Å². The van der Waals surface area contributed by atoms with E-state index in [0.29, 0.717) is 10.4 Å². The van der Waals surface area contributed by atoms with E-state index in [-0.39, 0.29) is 12.5 Å². The molecule has 16 heavy (non-hydrogen) atoms. The summed E-state index contributed by atoms with van der Waals surface area (Å²) in [6.07, 6.45) is 1.92. The summed E-state index contributed by atoms with van der Waals surface area (Å²) in [6, 6.07) is 1.80. The number of rotatable bonds is 2. The first-order valence-electron chi connectivity index (χ1n) is 4.67. The van der Waals surface area contributed by atoms with Crippen molar-refractivity contribution < 1.29 is 9.53 Å². The number of carbonyl (C=O) groups excluding carboxylic acids is 1. The van der Waals surface area contributed by atoms with Crippen molar-refractivity contribution in [3.05, 3.63) is 16.2 Å². The molecule has 0 aromatic carbocycles. The number of primary amides is 1. The Morgan fingerprint density at radius 2 is 2.44 bits per heavy atom. The van der Waals surface area contributed by atoms with Crippen LogP contribution in [0.15, 0.2) is 15.7 Å². The number of pyridine rings is 1. The maximum Gasteiger partial charge on any atom is 0.231 e. The minimum atomic E-state index is -0.759. The van der Waals surface area contributed by atoms with Crippen LogP contribution in [0.4, 0.5) is 0 Å². The number of ether oxygens (including phenoxy) is 1. The number of fused-ring (bicyclic) bond motifs is 1. The van der Waals surface area contributed by atoms with Gasteiger partial charge < -0.3 is 10.5 Å². The van der Waals surface area contributed by atoms with E-state index >= 15 is 0 Å². The first kappa shape index (κ1) is 11.7. The first-order valence-corrected chi connectivity index (χ1v) is 6.68. The van der Waals surface area contributed by atoms with Gasteiger partial charge in [0.1, 0.15) is 21.7 Å². The first-order chi connectivity index (χ1) is 7.49. The van der Waals surface area contributed by atoms with E-state index in [1.54, 1.807) is 13.0 Å². The van der Waals surface area contributed by atoms with Crippen molar-refractivity contribution in [2.75, 3.05) is 12.9 Å². The third kappa shape index (κ3) is 1.60. The Morgan fingerprint density at radius 3 is 3.00 bits per heavy atom. The molecule has 0 aliphatic carbocycles. The number of nitrogens with two attached hydrogens (primary N) is 1. The Bertz CT molecular complexity index is 466. The second-order valence-corrected chi connectivity index (χ2v) is 5.42. The Hall–Kier alpha value is -0.750. The van der Waals surface area contributed by atoms with Crippen LogP contribution in [0.2, 0.25) is 0 Å². The SMILES string of the molecule is CSc1nc(Br)cc2c1OCC2(C)C(N)=O. The average Bonchev–Trinajstić information content (AvgIpc) is 2.57. The minimum Gasteiger partial charge on any atom is -0.489 e. The van der Waals surface area contributed by atoms with Gasteiger partial charge in [-0.15, -0.1) is 11.8 Å². The molecule has 1 amide bonds. The molecule has 0 fully saturated rings. The van der Waals surface area contributed by atoms with Crippen LogP contribution >= 0.6 is 27.7 Å². The van der Waals surface area contributed by atoms with Gasteiger partial charge in [0.05, 0.1) is 0 Å². The van der Waals surface area contributed by atoms with Crippen LogP contribution in [0.3, 0.4) is 0 Å². The molecule has 0 spiro atoms. The van der Waals surface area contributed by atoms with Gasteiger partial charge in [-0.05, 0) is 35.2 Å². The van der Waals surface area contributed by atoms with Gasteiger partial charge in [-0.3, -0.25) is 4.79 Å². The van der Waals surface area contributed by atoms with Crippen molar-refractivity contribution in [1.82, 2.24) is 4.98 Å². The third-order valence-electron chi connectivity index (χ3n) is 2.75. The number of aromatic nitrogens is 1. The summed E-state index contributed by atoms with van der Waals surface area (Å²) in [5.41, 5.74) is 5.48. The molecule has 0 radical (unpaired) electrons. The number of hydrogen-bond donors (Lipinski definition) is 1. The van der Waals surface area contributed by atoms with E-state index in [4.69, 9.17) is 10.5 Å². The van der Waals surface area contributed by atoms with E-state index in [1.807, 2.05) is 6.26 Å². The molecular formula is C10H11BrN2O2S. The molecule has 1 aliphatic rings. The number of hydrogen-bond acceptors (Lipinski definition) is 4. The topological polar surface area (TPSA) is 65.2 Å². The lowest BCUT2D eigenvalue weighted by Crippen LogP contribution is -2.39. The van der Waals surface area contributed by atoms with Crippen LogP contribution in [-0.2, 0) is 10.2 Å². The number of thioether (sulfide) groups is 1. The summed E-state index contributed by atoms with van der Waals surface area (Å²) in [7, 11) is 0. The Morgan fingerprint density at radius 1 is 1.75 bits per heavy atom. The third-order valence-corrected chi connectivity index (χ3v) is 3.82. The van der Waals surface area contributed by atoms with Gasteiger partial charge in [-0.1, -0.05) is 0 Å². The van der Waals surface area contributed by atoms with E-state index in [1.165, 1.54) is 11.8 Å². The molecule has 1 aliphatic heterocycles.